The number of nitrogens with one attached hydrogen (secondary N) is 1. The van der Waals surface area contributed by atoms with E-state index >= 15 is 0 Å². The van der Waals surface area contributed by atoms with Crippen molar-refractivity contribution in [2.24, 2.45) is 0 Å². The molecule has 2 heterocycles. The highest BCUT2D eigenvalue weighted by molar-refractivity contribution is 7.15. The Morgan fingerprint density at radius 2 is 1.95 bits per heavy atom. The highest BCUT2D eigenvalue weighted by Gasteiger charge is 2.29. The zero-order valence-electron chi connectivity index (χ0n) is 10.3. The largest absolute Gasteiger partial charge is 0.316 e. The predicted octanol–water partition coefficient (Wildman–Crippen LogP) is 4.31. The van der Waals surface area contributed by atoms with E-state index in [-0.39, 0.29) is 0 Å². The molecule has 1 aromatic carbocycles. The van der Waals surface area contributed by atoms with Crippen molar-refractivity contribution in [3.05, 3.63) is 50.4 Å². The minimum Gasteiger partial charge on any atom is -0.316 e. The summed E-state index contributed by atoms with van der Waals surface area (Å²) in [5, 5.41) is 5.39. The maximum absolute atomic E-state index is 6.02. The van der Waals surface area contributed by atoms with Gasteiger partial charge >= 0.3 is 0 Å². The summed E-state index contributed by atoms with van der Waals surface area (Å²) < 4.78 is 0.767. The number of piperidine rings is 1. The van der Waals surface area contributed by atoms with E-state index in [2.05, 4.69) is 22.4 Å². The lowest BCUT2D eigenvalue weighted by atomic mass is 9.82. The summed E-state index contributed by atoms with van der Waals surface area (Å²) in [6.45, 7) is 2.01. The van der Waals surface area contributed by atoms with E-state index in [4.69, 9.17) is 23.2 Å². The van der Waals surface area contributed by atoms with Crippen LogP contribution in [-0.2, 0) is 0 Å². The molecule has 0 bridgehead atoms. The molecule has 0 radical (unpaired) electrons. The number of benzene rings is 1. The molecule has 2 atom stereocenters. The summed E-state index contributed by atoms with van der Waals surface area (Å²) in [4.78, 5) is 4.47. The van der Waals surface area contributed by atoms with Gasteiger partial charge in [0.25, 0.3) is 0 Å². The van der Waals surface area contributed by atoms with Gasteiger partial charge in [0.2, 0.25) is 0 Å². The Labute approximate surface area is 126 Å². The number of rotatable bonds is 2. The van der Waals surface area contributed by atoms with Gasteiger partial charge in [-0.2, -0.15) is 0 Å². The SMILES string of the molecule is Clc1ccc(C2CNCCC2c2ncc(Cl)s2)cc1. The Morgan fingerprint density at radius 3 is 2.63 bits per heavy atom. The number of hydrogen-bond donors (Lipinski definition) is 1. The van der Waals surface area contributed by atoms with Crippen molar-refractivity contribution in [3.8, 4) is 0 Å². The summed E-state index contributed by atoms with van der Waals surface area (Å²) >= 11 is 13.6. The minimum atomic E-state index is 0.438. The van der Waals surface area contributed by atoms with E-state index in [1.165, 1.54) is 5.56 Å². The third-order valence-electron chi connectivity index (χ3n) is 3.59. The molecule has 0 saturated carbocycles. The van der Waals surface area contributed by atoms with Gasteiger partial charge in [-0.3, -0.25) is 0 Å². The van der Waals surface area contributed by atoms with Crippen LogP contribution in [0.5, 0.6) is 0 Å². The van der Waals surface area contributed by atoms with Crippen LogP contribution in [0.2, 0.25) is 9.36 Å². The van der Waals surface area contributed by atoms with Gasteiger partial charge in [0, 0.05) is 23.4 Å². The van der Waals surface area contributed by atoms with Crippen molar-refractivity contribution < 1.29 is 0 Å². The van der Waals surface area contributed by atoms with Crippen LogP contribution in [0.4, 0.5) is 0 Å². The van der Waals surface area contributed by atoms with E-state index in [0.717, 1.165) is 33.9 Å². The highest BCUT2D eigenvalue weighted by atomic mass is 35.5. The first kappa shape index (κ1) is 13.4. The number of nitrogens with zero attached hydrogens (tertiary/aromatic N) is 1. The third kappa shape index (κ3) is 2.95. The summed E-state index contributed by atoms with van der Waals surface area (Å²) in [7, 11) is 0. The van der Waals surface area contributed by atoms with Crippen LogP contribution < -0.4 is 5.32 Å². The summed E-state index contributed by atoms with van der Waals surface area (Å²) in [5.41, 5.74) is 1.31. The molecule has 5 heteroatoms. The van der Waals surface area contributed by atoms with Crippen LogP contribution in [0.1, 0.15) is 28.8 Å². The van der Waals surface area contributed by atoms with Gasteiger partial charge in [-0.25, -0.2) is 4.98 Å². The quantitative estimate of drug-likeness (QED) is 0.893. The smallest absolute Gasteiger partial charge is 0.113 e. The number of halogens is 2. The lowest BCUT2D eigenvalue weighted by Gasteiger charge is -2.31. The average molecular weight is 313 g/mol. The van der Waals surface area contributed by atoms with Crippen molar-refractivity contribution in [3.63, 3.8) is 0 Å². The van der Waals surface area contributed by atoms with Crippen molar-refractivity contribution in [2.75, 3.05) is 13.1 Å². The maximum atomic E-state index is 6.02. The lowest BCUT2D eigenvalue weighted by molar-refractivity contribution is 0.403. The van der Waals surface area contributed by atoms with Crippen molar-refractivity contribution in [2.45, 2.75) is 18.3 Å². The number of thiazole rings is 1. The molecule has 19 heavy (non-hydrogen) atoms. The lowest BCUT2D eigenvalue weighted by Crippen LogP contribution is -2.33. The Hall–Kier alpha value is -0.610. The third-order valence-corrected chi connectivity index (χ3v) is 5.09. The standard InChI is InChI=1S/C14H14Cl2N2S/c15-10-3-1-9(2-4-10)12-7-17-6-5-11(12)14-18-8-13(16)19-14/h1-4,8,11-12,17H,5-7H2. The monoisotopic (exact) mass is 312 g/mol. The van der Waals surface area contributed by atoms with Crippen LogP contribution >= 0.6 is 34.5 Å². The molecule has 0 aliphatic carbocycles. The van der Waals surface area contributed by atoms with E-state index in [9.17, 15) is 0 Å². The summed E-state index contributed by atoms with van der Waals surface area (Å²) in [5.74, 6) is 0.883. The van der Waals surface area contributed by atoms with Gasteiger partial charge in [-0.05, 0) is 30.7 Å². The Kier molecular flexibility index (Phi) is 4.08. The Morgan fingerprint density at radius 1 is 1.16 bits per heavy atom. The molecule has 2 unspecified atom stereocenters. The molecular formula is C14H14Cl2N2S. The first-order valence-corrected chi connectivity index (χ1v) is 7.88. The van der Waals surface area contributed by atoms with Crippen LogP contribution in [0.15, 0.2) is 30.5 Å². The van der Waals surface area contributed by atoms with Crippen LogP contribution in [0.3, 0.4) is 0 Å². The Bertz CT molecular complexity index is 553. The average Bonchev–Trinajstić information content (AvgIpc) is 2.86. The van der Waals surface area contributed by atoms with E-state index in [1.807, 2.05) is 12.1 Å². The zero-order chi connectivity index (χ0) is 13.2. The fourth-order valence-electron chi connectivity index (χ4n) is 2.65. The second-order valence-corrected chi connectivity index (χ2v) is 6.89. The molecule has 1 aliphatic heterocycles. The van der Waals surface area contributed by atoms with Crippen LogP contribution in [0, 0.1) is 0 Å². The molecule has 1 aliphatic rings. The minimum absolute atomic E-state index is 0.438. The van der Waals surface area contributed by atoms with Crippen molar-refractivity contribution >= 4 is 34.5 Å². The number of aromatic nitrogens is 1. The zero-order valence-corrected chi connectivity index (χ0v) is 12.6. The summed E-state index contributed by atoms with van der Waals surface area (Å²) in [6.07, 6.45) is 2.85. The molecule has 3 rings (SSSR count). The molecule has 100 valence electrons. The van der Waals surface area contributed by atoms with Gasteiger partial charge in [0.05, 0.1) is 11.2 Å². The molecule has 1 N–H and O–H groups in total. The summed E-state index contributed by atoms with van der Waals surface area (Å²) in [6, 6.07) is 8.14. The molecule has 1 saturated heterocycles. The van der Waals surface area contributed by atoms with Crippen LogP contribution in [0.25, 0.3) is 0 Å². The molecule has 2 aromatic rings. The van der Waals surface area contributed by atoms with Crippen molar-refractivity contribution in [1.82, 2.24) is 10.3 Å². The van der Waals surface area contributed by atoms with E-state index in [1.54, 1.807) is 17.5 Å². The molecule has 2 nitrogen and oxygen atoms in total. The topological polar surface area (TPSA) is 24.9 Å². The molecule has 1 aromatic heterocycles. The molecular weight excluding hydrogens is 299 g/mol. The van der Waals surface area contributed by atoms with Gasteiger partial charge in [-0.1, -0.05) is 35.3 Å². The van der Waals surface area contributed by atoms with Gasteiger partial charge in [0.1, 0.15) is 4.34 Å². The Balaban J connectivity index is 1.90. The first-order valence-electron chi connectivity index (χ1n) is 6.31. The second kappa shape index (κ2) is 5.80. The van der Waals surface area contributed by atoms with Crippen LogP contribution in [-0.4, -0.2) is 18.1 Å². The van der Waals surface area contributed by atoms with Gasteiger partial charge in [0.15, 0.2) is 0 Å². The normalized spacial score (nSPS) is 23.5. The first-order chi connectivity index (χ1) is 9.24. The van der Waals surface area contributed by atoms with Gasteiger partial charge < -0.3 is 5.32 Å². The van der Waals surface area contributed by atoms with E-state index in [0.29, 0.717) is 11.8 Å². The predicted molar refractivity (Wildman–Crippen MR) is 81.5 cm³/mol. The fraction of sp³-hybridized carbons (Fsp3) is 0.357. The fourth-order valence-corrected chi connectivity index (χ4v) is 3.91. The maximum Gasteiger partial charge on any atom is 0.113 e. The van der Waals surface area contributed by atoms with Crippen molar-refractivity contribution in [1.29, 1.82) is 0 Å². The highest BCUT2D eigenvalue weighted by Crippen LogP contribution is 2.39. The molecule has 0 spiro atoms. The molecule has 1 fully saturated rings. The van der Waals surface area contributed by atoms with Gasteiger partial charge in [-0.15, -0.1) is 11.3 Å². The molecule has 0 amide bonds. The second-order valence-electron chi connectivity index (χ2n) is 4.76. The van der Waals surface area contributed by atoms with E-state index < -0.39 is 0 Å². The number of hydrogen-bond acceptors (Lipinski definition) is 3.